The van der Waals surface area contributed by atoms with Crippen LogP contribution in [0.15, 0.2) is 12.3 Å². The third-order valence-corrected chi connectivity index (χ3v) is 1.89. The van der Waals surface area contributed by atoms with Gasteiger partial charge in [-0.1, -0.05) is 0 Å². The number of hydrogen-bond donors (Lipinski definition) is 1. The molecule has 0 bridgehead atoms. The number of hydrogen-bond acceptors (Lipinski definition) is 2. The smallest absolute Gasteiger partial charge is 0.315 e. The second-order valence-electron chi connectivity index (χ2n) is 3.30. The molecule has 0 unspecified atom stereocenters. The standard InChI is InChI=1S/C8H12N2O2/c1-8(2,7(11)12)6-4-5-10(3)9-6/h4-5H,1-3H3,(H,11,12). The summed E-state index contributed by atoms with van der Waals surface area (Å²) in [5, 5.41) is 12.9. The van der Waals surface area contributed by atoms with Crippen LogP contribution in [0.5, 0.6) is 0 Å². The zero-order chi connectivity index (χ0) is 9.35. The van der Waals surface area contributed by atoms with Crippen molar-refractivity contribution < 1.29 is 9.90 Å². The molecule has 1 N–H and O–H groups in total. The number of aliphatic carboxylic acids is 1. The predicted molar refractivity (Wildman–Crippen MR) is 43.9 cm³/mol. The first-order valence-electron chi connectivity index (χ1n) is 3.68. The van der Waals surface area contributed by atoms with E-state index in [1.165, 1.54) is 0 Å². The van der Waals surface area contributed by atoms with E-state index in [0.717, 1.165) is 0 Å². The van der Waals surface area contributed by atoms with Gasteiger partial charge in [0.05, 0.1) is 5.69 Å². The molecule has 0 fully saturated rings. The van der Waals surface area contributed by atoms with E-state index in [4.69, 9.17) is 5.11 Å². The molecule has 0 radical (unpaired) electrons. The van der Waals surface area contributed by atoms with Crippen LogP contribution in [0.1, 0.15) is 19.5 Å². The Morgan fingerprint density at radius 1 is 1.67 bits per heavy atom. The van der Waals surface area contributed by atoms with Gasteiger partial charge in [0.25, 0.3) is 0 Å². The van der Waals surface area contributed by atoms with Gasteiger partial charge in [0.2, 0.25) is 0 Å². The lowest BCUT2D eigenvalue weighted by molar-refractivity contribution is -0.142. The summed E-state index contributed by atoms with van der Waals surface area (Å²) >= 11 is 0. The van der Waals surface area contributed by atoms with Crippen LogP contribution in [0, 0.1) is 0 Å². The first-order chi connectivity index (χ1) is 5.44. The number of carboxylic acids is 1. The van der Waals surface area contributed by atoms with Crippen LogP contribution in [0.3, 0.4) is 0 Å². The van der Waals surface area contributed by atoms with Crippen molar-refractivity contribution in [1.29, 1.82) is 0 Å². The predicted octanol–water partition coefficient (Wildman–Crippen LogP) is 0.782. The Balaban J connectivity index is 3.05. The molecule has 0 aliphatic rings. The van der Waals surface area contributed by atoms with Gasteiger partial charge < -0.3 is 5.11 Å². The molecule has 4 nitrogen and oxygen atoms in total. The fourth-order valence-corrected chi connectivity index (χ4v) is 0.858. The van der Waals surface area contributed by atoms with Gasteiger partial charge in [-0.25, -0.2) is 0 Å². The molecule has 0 aliphatic carbocycles. The zero-order valence-electron chi connectivity index (χ0n) is 7.40. The largest absolute Gasteiger partial charge is 0.481 e. The summed E-state index contributed by atoms with van der Waals surface area (Å²) in [5.41, 5.74) is -0.321. The Bertz CT molecular complexity index is 302. The molecule has 0 saturated carbocycles. The van der Waals surface area contributed by atoms with Crippen LogP contribution in [0.2, 0.25) is 0 Å². The molecule has 0 atom stereocenters. The Kier molecular flexibility index (Phi) is 1.92. The lowest BCUT2D eigenvalue weighted by atomic mass is 9.90. The Hall–Kier alpha value is -1.32. The summed E-state index contributed by atoms with van der Waals surface area (Å²) in [6.07, 6.45) is 1.74. The number of nitrogens with zero attached hydrogens (tertiary/aromatic N) is 2. The number of rotatable bonds is 2. The van der Waals surface area contributed by atoms with Crippen LogP contribution in [0.4, 0.5) is 0 Å². The topological polar surface area (TPSA) is 55.1 Å². The van der Waals surface area contributed by atoms with Crippen LogP contribution < -0.4 is 0 Å². The van der Waals surface area contributed by atoms with E-state index < -0.39 is 11.4 Å². The van der Waals surface area contributed by atoms with E-state index in [-0.39, 0.29) is 0 Å². The summed E-state index contributed by atoms with van der Waals surface area (Å²) in [6.45, 7) is 3.27. The van der Waals surface area contributed by atoms with Crippen molar-refractivity contribution in [3.63, 3.8) is 0 Å². The minimum atomic E-state index is -0.902. The van der Waals surface area contributed by atoms with Gasteiger partial charge >= 0.3 is 5.97 Å². The average molecular weight is 168 g/mol. The average Bonchev–Trinajstić information content (AvgIpc) is 2.35. The Labute approximate surface area is 70.8 Å². The monoisotopic (exact) mass is 168 g/mol. The molecule has 1 rings (SSSR count). The maximum atomic E-state index is 10.8. The lowest BCUT2D eigenvalue weighted by Crippen LogP contribution is -2.29. The van der Waals surface area contributed by atoms with Crippen molar-refractivity contribution in [3.05, 3.63) is 18.0 Å². The summed E-state index contributed by atoms with van der Waals surface area (Å²) in [7, 11) is 1.77. The highest BCUT2D eigenvalue weighted by Gasteiger charge is 2.31. The summed E-state index contributed by atoms with van der Waals surface area (Å²) in [5.74, 6) is -0.860. The molecule has 0 amide bonds. The van der Waals surface area contributed by atoms with Crippen molar-refractivity contribution >= 4 is 5.97 Å². The van der Waals surface area contributed by atoms with E-state index in [0.29, 0.717) is 5.69 Å². The zero-order valence-corrected chi connectivity index (χ0v) is 7.40. The van der Waals surface area contributed by atoms with Crippen molar-refractivity contribution in [2.45, 2.75) is 19.3 Å². The van der Waals surface area contributed by atoms with Crippen molar-refractivity contribution in [2.24, 2.45) is 7.05 Å². The molecule has 66 valence electrons. The first-order valence-corrected chi connectivity index (χ1v) is 3.68. The quantitative estimate of drug-likeness (QED) is 0.710. The highest BCUT2D eigenvalue weighted by Crippen LogP contribution is 2.20. The molecular weight excluding hydrogens is 156 g/mol. The molecule has 1 aromatic heterocycles. The number of carbonyl (C=O) groups is 1. The Morgan fingerprint density at radius 2 is 2.25 bits per heavy atom. The molecule has 0 aromatic carbocycles. The van der Waals surface area contributed by atoms with Gasteiger partial charge in [-0.15, -0.1) is 0 Å². The first kappa shape index (κ1) is 8.77. The van der Waals surface area contributed by atoms with Gasteiger partial charge in [0, 0.05) is 13.2 Å². The fraction of sp³-hybridized carbons (Fsp3) is 0.500. The van der Waals surface area contributed by atoms with Crippen LogP contribution in [0.25, 0.3) is 0 Å². The molecule has 0 saturated heterocycles. The van der Waals surface area contributed by atoms with E-state index in [1.54, 1.807) is 37.8 Å². The third kappa shape index (κ3) is 1.32. The van der Waals surface area contributed by atoms with Crippen LogP contribution in [-0.4, -0.2) is 20.9 Å². The van der Waals surface area contributed by atoms with E-state index >= 15 is 0 Å². The van der Waals surface area contributed by atoms with Crippen molar-refractivity contribution in [1.82, 2.24) is 9.78 Å². The second kappa shape index (κ2) is 2.62. The fourth-order valence-electron chi connectivity index (χ4n) is 0.858. The summed E-state index contributed by atoms with van der Waals surface area (Å²) in [6, 6.07) is 1.72. The number of aromatic nitrogens is 2. The number of carboxylic acid groups (broad SMARTS) is 1. The molecule has 12 heavy (non-hydrogen) atoms. The summed E-state index contributed by atoms with van der Waals surface area (Å²) in [4.78, 5) is 10.8. The van der Waals surface area contributed by atoms with Gasteiger partial charge in [0.1, 0.15) is 5.41 Å². The number of aryl methyl sites for hydroxylation is 1. The molecule has 1 heterocycles. The molecular formula is C8H12N2O2. The highest BCUT2D eigenvalue weighted by molar-refractivity contribution is 5.79. The lowest BCUT2D eigenvalue weighted by Gasteiger charge is -2.15. The molecule has 4 heteroatoms. The minimum Gasteiger partial charge on any atom is -0.481 e. The van der Waals surface area contributed by atoms with E-state index in [1.807, 2.05) is 0 Å². The molecule has 0 aliphatic heterocycles. The Morgan fingerprint density at radius 3 is 2.58 bits per heavy atom. The normalized spacial score (nSPS) is 11.6. The van der Waals surface area contributed by atoms with Gasteiger partial charge in [-0.2, -0.15) is 5.10 Å². The second-order valence-corrected chi connectivity index (χ2v) is 3.30. The van der Waals surface area contributed by atoms with Crippen molar-refractivity contribution in [3.8, 4) is 0 Å². The molecule has 1 aromatic rings. The summed E-state index contributed by atoms with van der Waals surface area (Å²) < 4.78 is 1.60. The van der Waals surface area contributed by atoms with Crippen LogP contribution in [-0.2, 0) is 17.3 Å². The maximum Gasteiger partial charge on any atom is 0.315 e. The van der Waals surface area contributed by atoms with Gasteiger partial charge in [-0.3, -0.25) is 9.48 Å². The van der Waals surface area contributed by atoms with Gasteiger partial charge in [-0.05, 0) is 19.9 Å². The van der Waals surface area contributed by atoms with Crippen LogP contribution >= 0.6 is 0 Å². The minimum absolute atomic E-state index is 0.581. The highest BCUT2D eigenvalue weighted by atomic mass is 16.4. The third-order valence-electron chi connectivity index (χ3n) is 1.89. The van der Waals surface area contributed by atoms with Crippen molar-refractivity contribution in [2.75, 3.05) is 0 Å². The van der Waals surface area contributed by atoms with E-state index in [2.05, 4.69) is 5.10 Å². The van der Waals surface area contributed by atoms with E-state index in [9.17, 15) is 4.79 Å². The van der Waals surface area contributed by atoms with Gasteiger partial charge in [0.15, 0.2) is 0 Å². The molecule has 0 spiro atoms. The SMILES string of the molecule is Cn1ccc(C(C)(C)C(=O)O)n1. The maximum absolute atomic E-state index is 10.8.